The number of aliphatic hydroxyl groups excluding tert-OH is 1. The predicted molar refractivity (Wildman–Crippen MR) is 64.0 cm³/mol. The fourth-order valence-corrected chi connectivity index (χ4v) is 1.92. The van der Waals surface area contributed by atoms with E-state index in [0.717, 1.165) is 23.7 Å². The molecule has 1 aromatic rings. The fraction of sp³-hybridized carbons (Fsp3) is 0.727. The number of hydrogen-bond acceptors (Lipinski definition) is 4. The molecule has 3 nitrogen and oxygen atoms in total. The SMILES string of the molecule is CCC(C)C(O)CNCc1csc(C)n1. The molecule has 2 unspecified atom stereocenters. The van der Waals surface area contributed by atoms with E-state index in [0.29, 0.717) is 12.5 Å². The zero-order chi connectivity index (χ0) is 11.3. The molecule has 0 bridgehead atoms. The van der Waals surface area contributed by atoms with E-state index in [-0.39, 0.29) is 6.10 Å². The highest BCUT2D eigenvalue weighted by Crippen LogP contribution is 2.08. The van der Waals surface area contributed by atoms with Crippen molar-refractivity contribution in [3.05, 3.63) is 16.1 Å². The van der Waals surface area contributed by atoms with Gasteiger partial charge in [0.25, 0.3) is 0 Å². The summed E-state index contributed by atoms with van der Waals surface area (Å²) in [5.41, 5.74) is 1.06. The summed E-state index contributed by atoms with van der Waals surface area (Å²) in [6.07, 6.45) is 0.758. The molecular weight excluding hydrogens is 208 g/mol. The van der Waals surface area contributed by atoms with Crippen molar-refractivity contribution in [3.8, 4) is 0 Å². The zero-order valence-electron chi connectivity index (χ0n) is 9.66. The molecule has 2 atom stereocenters. The van der Waals surface area contributed by atoms with Crippen LogP contribution in [0.2, 0.25) is 0 Å². The van der Waals surface area contributed by atoms with Crippen LogP contribution in [0.1, 0.15) is 31.0 Å². The Morgan fingerprint density at radius 2 is 2.33 bits per heavy atom. The standard InChI is InChI=1S/C11H20N2OS/c1-4-8(2)11(14)6-12-5-10-7-15-9(3)13-10/h7-8,11-12,14H,4-6H2,1-3H3. The van der Waals surface area contributed by atoms with Gasteiger partial charge in [-0.2, -0.15) is 0 Å². The van der Waals surface area contributed by atoms with Crippen molar-refractivity contribution in [1.29, 1.82) is 0 Å². The molecule has 1 rings (SSSR count). The summed E-state index contributed by atoms with van der Waals surface area (Å²) in [7, 11) is 0. The molecule has 4 heteroatoms. The largest absolute Gasteiger partial charge is 0.392 e. The van der Waals surface area contributed by atoms with Gasteiger partial charge in [0.15, 0.2) is 0 Å². The lowest BCUT2D eigenvalue weighted by Gasteiger charge is -2.17. The van der Waals surface area contributed by atoms with Crippen molar-refractivity contribution >= 4 is 11.3 Å². The van der Waals surface area contributed by atoms with Gasteiger partial charge in [0.1, 0.15) is 0 Å². The number of thiazole rings is 1. The molecule has 0 amide bonds. The molecule has 86 valence electrons. The molecule has 1 aromatic heterocycles. The Balaban J connectivity index is 2.21. The summed E-state index contributed by atoms with van der Waals surface area (Å²) >= 11 is 1.66. The highest BCUT2D eigenvalue weighted by atomic mass is 32.1. The molecule has 0 spiro atoms. The number of hydrogen-bond donors (Lipinski definition) is 2. The number of aromatic nitrogens is 1. The van der Waals surface area contributed by atoms with Crippen molar-refractivity contribution in [2.24, 2.45) is 5.92 Å². The minimum absolute atomic E-state index is 0.255. The average Bonchev–Trinajstić information content (AvgIpc) is 2.63. The number of nitrogens with zero attached hydrogens (tertiary/aromatic N) is 1. The van der Waals surface area contributed by atoms with Gasteiger partial charge < -0.3 is 10.4 Å². The number of nitrogens with one attached hydrogen (secondary N) is 1. The van der Waals surface area contributed by atoms with Crippen LogP contribution in [0.5, 0.6) is 0 Å². The molecule has 0 aliphatic carbocycles. The number of aryl methyl sites for hydroxylation is 1. The molecule has 0 aromatic carbocycles. The predicted octanol–water partition coefficient (Wildman–Crippen LogP) is 1.95. The number of aliphatic hydroxyl groups is 1. The van der Waals surface area contributed by atoms with Gasteiger partial charge in [-0.15, -0.1) is 11.3 Å². The molecular formula is C11H20N2OS. The third-order valence-corrected chi connectivity index (χ3v) is 3.45. The number of rotatable bonds is 6. The van der Waals surface area contributed by atoms with Crippen molar-refractivity contribution in [1.82, 2.24) is 10.3 Å². The molecule has 0 radical (unpaired) electrons. The monoisotopic (exact) mass is 228 g/mol. The Morgan fingerprint density at radius 3 is 2.87 bits per heavy atom. The maximum atomic E-state index is 9.72. The van der Waals surface area contributed by atoms with E-state index in [1.54, 1.807) is 11.3 Å². The zero-order valence-corrected chi connectivity index (χ0v) is 10.5. The first-order chi connectivity index (χ1) is 7.13. The smallest absolute Gasteiger partial charge is 0.0897 e. The molecule has 0 fully saturated rings. The van der Waals surface area contributed by atoms with Crippen LogP contribution in [0, 0.1) is 12.8 Å². The van der Waals surface area contributed by atoms with E-state index in [1.807, 2.05) is 6.92 Å². The van der Waals surface area contributed by atoms with Gasteiger partial charge in [-0.3, -0.25) is 0 Å². The van der Waals surface area contributed by atoms with E-state index in [2.05, 4.69) is 29.5 Å². The van der Waals surface area contributed by atoms with Gasteiger partial charge in [-0.25, -0.2) is 4.98 Å². The van der Waals surface area contributed by atoms with Crippen molar-refractivity contribution in [3.63, 3.8) is 0 Å². The first kappa shape index (κ1) is 12.6. The minimum atomic E-state index is -0.255. The van der Waals surface area contributed by atoms with E-state index >= 15 is 0 Å². The molecule has 0 aliphatic rings. The molecule has 0 saturated heterocycles. The summed E-state index contributed by atoms with van der Waals surface area (Å²) in [6.45, 7) is 7.56. The Labute approximate surface area is 95.6 Å². The van der Waals surface area contributed by atoms with Crippen LogP contribution < -0.4 is 5.32 Å². The molecule has 1 heterocycles. The summed E-state index contributed by atoms with van der Waals surface area (Å²) in [5.74, 6) is 0.356. The highest BCUT2D eigenvalue weighted by Gasteiger charge is 2.11. The topological polar surface area (TPSA) is 45.1 Å². The van der Waals surface area contributed by atoms with Crippen LogP contribution in [0.25, 0.3) is 0 Å². The quantitative estimate of drug-likeness (QED) is 0.782. The van der Waals surface area contributed by atoms with Crippen LogP contribution >= 0.6 is 11.3 Å². The maximum Gasteiger partial charge on any atom is 0.0897 e. The molecule has 0 saturated carbocycles. The summed E-state index contributed by atoms with van der Waals surface area (Å²) in [4.78, 5) is 4.35. The van der Waals surface area contributed by atoms with Gasteiger partial charge in [-0.1, -0.05) is 20.3 Å². The van der Waals surface area contributed by atoms with Gasteiger partial charge in [0.2, 0.25) is 0 Å². The van der Waals surface area contributed by atoms with Gasteiger partial charge in [-0.05, 0) is 12.8 Å². The van der Waals surface area contributed by atoms with Crippen LogP contribution in [0.4, 0.5) is 0 Å². The second-order valence-corrected chi connectivity index (χ2v) is 5.00. The summed E-state index contributed by atoms with van der Waals surface area (Å²) in [6, 6.07) is 0. The van der Waals surface area contributed by atoms with E-state index in [4.69, 9.17) is 0 Å². The van der Waals surface area contributed by atoms with Crippen molar-refractivity contribution in [2.45, 2.75) is 39.8 Å². The highest BCUT2D eigenvalue weighted by molar-refractivity contribution is 7.09. The minimum Gasteiger partial charge on any atom is -0.392 e. The molecule has 2 N–H and O–H groups in total. The second kappa shape index (κ2) is 6.20. The van der Waals surface area contributed by atoms with Crippen LogP contribution in [-0.4, -0.2) is 22.7 Å². The lowest BCUT2D eigenvalue weighted by Crippen LogP contribution is -2.31. The lowest BCUT2D eigenvalue weighted by atomic mass is 10.0. The Kier molecular flexibility index (Phi) is 5.22. The molecule has 15 heavy (non-hydrogen) atoms. The van der Waals surface area contributed by atoms with Gasteiger partial charge in [0.05, 0.1) is 16.8 Å². The van der Waals surface area contributed by atoms with Gasteiger partial charge in [0, 0.05) is 18.5 Å². The Hall–Kier alpha value is -0.450. The third kappa shape index (κ3) is 4.28. The first-order valence-electron chi connectivity index (χ1n) is 5.43. The lowest BCUT2D eigenvalue weighted by molar-refractivity contribution is 0.112. The van der Waals surface area contributed by atoms with Gasteiger partial charge >= 0.3 is 0 Å². The Bertz CT molecular complexity index is 288. The fourth-order valence-electron chi connectivity index (χ4n) is 1.31. The second-order valence-electron chi connectivity index (χ2n) is 3.94. The third-order valence-electron chi connectivity index (χ3n) is 2.63. The van der Waals surface area contributed by atoms with E-state index < -0.39 is 0 Å². The van der Waals surface area contributed by atoms with E-state index in [9.17, 15) is 5.11 Å². The first-order valence-corrected chi connectivity index (χ1v) is 6.31. The summed E-state index contributed by atoms with van der Waals surface area (Å²) in [5, 5.41) is 16.1. The summed E-state index contributed by atoms with van der Waals surface area (Å²) < 4.78 is 0. The average molecular weight is 228 g/mol. The Morgan fingerprint density at radius 1 is 1.60 bits per heavy atom. The van der Waals surface area contributed by atoms with Crippen LogP contribution in [0.15, 0.2) is 5.38 Å². The van der Waals surface area contributed by atoms with E-state index in [1.165, 1.54) is 0 Å². The maximum absolute atomic E-state index is 9.72. The van der Waals surface area contributed by atoms with Crippen LogP contribution in [-0.2, 0) is 6.54 Å². The molecule has 0 aliphatic heterocycles. The van der Waals surface area contributed by atoms with Crippen molar-refractivity contribution < 1.29 is 5.11 Å². The normalized spacial score (nSPS) is 15.2. The van der Waals surface area contributed by atoms with Crippen molar-refractivity contribution in [2.75, 3.05) is 6.54 Å². The van der Waals surface area contributed by atoms with Crippen LogP contribution in [0.3, 0.4) is 0 Å².